The number of nitrogens with zero attached hydrogens (tertiary/aromatic N) is 2. The fraction of sp³-hybridized carbons (Fsp3) is 0.333. The SMILES string of the molecule is C=C(C)CCC(C(=C)C)n1c(C)nc2cccc(N)c2c1=O. The molecule has 116 valence electrons. The van der Waals surface area contributed by atoms with Gasteiger partial charge in [-0.1, -0.05) is 23.8 Å². The van der Waals surface area contributed by atoms with Gasteiger partial charge in [-0.3, -0.25) is 9.36 Å². The van der Waals surface area contributed by atoms with Crippen LogP contribution in [0.15, 0.2) is 47.3 Å². The highest BCUT2D eigenvalue weighted by atomic mass is 16.1. The van der Waals surface area contributed by atoms with Gasteiger partial charge in [0.1, 0.15) is 5.82 Å². The summed E-state index contributed by atoms with van der Waals surface area (Å²) >= 11 is 0. The highest BCUT2D eigenvalue weighted by molar-refractivity contribution is 5.89. The fourth-order valence-corrected chi connectivity index (χ4v) is 2.73. The van der Waals surface area contributed by atoms with Gasteiger partial charge in [0.25, 0.3) is 5.56 Å². The van der Waals surface area contributed by atoms with Crippen molar-refractivity contribution in [2.75, 3.05) is 5.73 Å². The van der Waals surface area contributed by atoms with Crippen molar-refractivity contribution in [3.8, 4) is 0 Å². The Labute approximate surface area is 131 Å². The Kier molecular flexibility index (Phi) is 4.50. The van der Waals surface area contributed by atoms with Crippen LogP contribution in [0.5, 0.6) is 0 Å². The van der Waals surface area contributed by atoms with E-state index in [1.165, 1.54) is 0 Å². The number of aryl methyl sites for hydroxylation is 1. The van der Waals surface area contributed by atoms with Crippen molar-refractivity contribution < 1.29 is 0 Å². The molecule has 1 unspecified atom stereocenters. The molecule has 0 saturated heterocycles. The number of anilines is 1. The van der Waals surface area contributed by atoms with E-state index >= 15 is 0 Å². The second kappa shape index (κ2) is 6.18. The van der Waals surface area contributed by atoms with Crippen LogP contribution >= 0.6 is 0 Å². The smallest absolute Gasteiger partial charge is 0.264 e. The quantitative estimate of drug-likeness (QED) is 0.675. The lowest BCUT2D eigenvalue weighted by atomic mass is 10.0. The Morgan fingerprint density at radius 3 is 2.64 bits per heavy atom. The molecule has 22 heavy (non-hydrogen) atoms. The number of fused-ring (bicyclic) bond motifs is 1. The third kappa shape index (κ3) is 2.96. The Hall–Kier alpha value is -2.36. The average molecular weight is 297 g/mol. The lowest BCUT2D eigenvalue weighted by Gasteiger charge is -2.23. The van der Waals surface area contributed by atoms with Gasteiger partial charge in [0.2, 0.25) is 0 Å². The van der Waals surface area contributed by atoms with Crippen molar-refractivity contribution >= 4 is 16.6 Å². The van der Waals surface area contributed by atoms with Gasteiger partial charge in [-0.25, -0.2) is 4.98 Å². The van der Waals surface area contributed by atoms with Crippen LogP contribution in [0.25, 0.3) is 10.9 Å². The van der Waals surface area contributed by atoms with Crippen molar-refractivity contribution in [1.29, 1.82) is 0 Å². The first kappa shape index (κ1) is 16.0. The summed E-state index contributed by atoms with van der Waals surface area (Å²) in [6, 6.07) is 5.26. The molecule has 2 aromatic rings. The highest BCUT2D eigenvalue weighted by Crippen LogP contribution is 2.25. The molecule has 0 spiro atoms. The number of hydrogen-bond donors (Lipinski definition) is 1. The van der Waals surface area contributed by atoms with E-state index in [0.717, 1.165) is 24.0 Å². The Morgan fingerprint density at radius 2 is 2.05 bits per heavy atom. The van der Waals surface area contributed by atoms with E-state index in [0.29, 0.717) is 22.4 Å². The van der Waals surface area contributed by atoms with Gasteiger partial charge in [-0.05, 0) is 45.7 Å². The maximum Gasteiger partial charge on any atom is 0.264 e. The monoisotopic (exact) mass is 297 g/mol. The van der Waals surface area contributed by atoms with E-state index in [2.05, 4.69) is 18.1 Å². The lowest BCUT2D eigenvalue weighted by Crippen LogP contribution is -2.29. The first-order valence-electron chi connectivity index (χ1n) is 7.40. The van der Waals surface area contributed by atoms with E-state index < -0.39 is 0 Å². The number of benzene rings is 1. The molecule has 2 rings (SSSR count). The summed E-state index contributed by atoms with van der Waals surface area (Å²) in [5.74, 6) is 0.679. The van der Waals surface area contributed by atoms with Crippen LogP contribution in [0.2, 0.25) is 0 Å². The summed E-state index contributed by atoms with van der Waals surface area (Å²) in [5, 5.41) is 0.481. The van der Waals surface area contributed by atoms with Crippen molar-refractivity contribution in [3.63, 3.8) is 0 Å². The molecule has 4 heteroatoms. The molecule has 1 atom stereocenters. The predicted molar refractivity (Wildman–Crippen MR) is 93.1 cm³/mol. The molecule has 0 saturated carbocycles. The van der Waals surface area contributed by atoms with E-state index in [4.69, 9.17) is 5.73 Å². The zero-order chi connectivity index (χ0) is 16.4. The van der Waals surface area contributed by atoms with Gasteiger partial charge in [-0.15, -0.1) is 6.58 Å². The predicted octanol–water partition coefficient (Wildman–Crippen LogP) is 3.76. The van der Waals surface area contributed by atoms with E-state index in [-0.39, 0.29) is 11.6 Å². The Bertz CT molecular complexity index is 802. The summed E-state index contributed by atoms with van der Waals surface area (Å²) in [4.78, 5) is 17.5. The average Bonchev–Trinajstić information content (AvgIpc) is 2.41. The molecule has 1 heterocycles. The molecule has 0 bridgehead atoms. The maximum atomic E-state index is 12.9. The van der Waals surface area contributed by atoms with Crippen LogP contribution in [0.1, 0.15) is 38.6 Å². The number of nitrogens with two attached hydrogens (primary N) is 1. The second-order valence-corrected chi connectivity index (χ2v) is 5.93. The molecule has 0 aliphatic heterocycles. The van der Waals surface area contributed by atoms with Gasteiger partial charge in [0.05, 0.1) is 16.9 Å². The summed E-state index contributed by atoms with van der Waals surface area (Å²) in [5.41, 5.74) is 9.00. The third-order valence-corrected chi connectivity index (χ3v) is 3.86. The van der Waals surface area contributed by atoms with Crippen LogP contribution in [0.4, 0.5) is 5.69 Å². The zero-order valence-electron chi connectivity index (χ0n) is 13.5. The normalized spacial score (nSPS) is 12.3. The molecule has 2 N–H and O–H groups in total. The molecule has 1 aromatic heterocycles. The zero-order valence-corrected chi connectivity index (χ0v) is 13.5. The van der Waals surface area contributed by atoms with Crippen LogP contribution < -0.4 is 11.3 Å². The van der Waals surface area contributed by atoms with Crippen LogP contribution in [0, 0.1) is 6.92 Å². The minimum Gasteiger partial charge on any atom is -0.398 e. The number of nitrogen functional groups attached to an aromatic ring is 1. The molecule has 0 aliphatic rings. The van der Waals surface area contributed by atoms with Crippen LogP contribution in [-0.2, 0) is 0 Å². The molecule has 4 nitrogen and oxygen atoms in total. The summed E-state index contributed by atoms with van der Waals surface area (Å²) in [6.45, 7) is 13.8. The minimum atomic E-state index is -0.102. The van der Waals surface area contributed by atoms with Gasteiger partial charge < -0.3 is 5.73 Å². The molecule has 0 radical (unpaired) electrons. The van der Waals surface area contributed by atoms with Gasteiger partial charge in [0.15, 0.2) is 0 Å². The van der Waals surface area contributed by atoms with E-state index in [1.54, 1.807) is 10.6 Å². The number of hydrogen-bond acceptors (Lipinski definition) is 3. The fourth-order valence-electron chi connectivity index (χ4n) is 2.73. The van der Waals surface area contributed by atoms with Gasteiger partial charge >= 0.3 is 0 Å². The molecule has 1 aromatic carbocycles. The third-order valence-electron chi connectivity index (χ3n) is 3.86. The van der Waals surface area contributed by atoms with Crippen molar-refractivity contribution in [3.05, 3.63) is 58.7 Å². The standard InChI is InChI=1S/C18H23N3O/c1-11(2)9-10-16(12(3)4)21-13(5)20-15-8-6-7-14(19)17(15)18(21)22/h6-8,16H,1,3,9-10,19H2,2,4-5H3. The lowest BCUT2D eigenvalue weighted by molar-refractivity contribution is 0.500. The second-order valence-electron chi connectivity index (χ2n) is 5.93. The molecule has 0 amide bonds. The molecular formula is C18H23N3O. The largest absolute Gasteiger partial charge is 0.398 e. The minimum absolute atomic E-state index is 0.0966. The summed E-state index contributed by atoms with van der Waals surface area (Å²) in [7, 11) is 0. The highest BCUT2D eigenvalue weighted by Gasteiger charge is 2.19. The van der Waals surface area contributed by atoms with Gasteiger partial charge in [0, 0.05) is 5.69 Å². The number of aromatic nitrogens is 2. The number of allylic oxidation sites excluding steroid dienone is 2. The maximum absolute atomic E-state index is 12.9. The van der Waals surface area contributed by atoms with Crippen LogP contribution in [0.3, 0.4) is 0 Å². The van der Waals surface area contributed by atoms with Gasteiger partial charge in [-0.2, -0.15) is 0 Å². The summed E-state index contributed by atoms with van der Waals surface area (Å²) in [6.07, 6.45) is 1.62. The number of rotatable bonds is 5. The van der Waals surface area contributed by atoms with Crippen LogP contribution in [-0.4, -0.2) is 9.55 Å². The van der Waals surface area contributed by atoms with Crippen molar-refractivity contribution in [1.82, 2.24) is 9.55 Å². The Morgan fingerprint density at radius 1 is 1.36 bits per heavy atom. The van der Waals surface area contributed by atoms with E-state index in [9.17, 15) is 4.79 Å². The molecule has 0 fully saturated rings. The topological polar surface area (TPSA) is 60.9 Å². The molecule has 0 aliphatic carbocycles. The van der Waals surface area contributed by atoms with Crippen molar-refractivity contribution in [2.45, 2.75) is 39.7 Å². The van der Waals surface area contributed by atoms with Crippen molar-refractivity contribution in [2.24, 2.45) is 0 Å². The first-order valence-corrected chi connectivity index (χ1v) is 7.40. The summed E-state index contributed by atoms with van der Waals surface area (Å²) < 4.78 is 1.71. The molecular weight excluding hydrogens is 274 g/mol. The Balaban J connectivity index is 2.67. The first-order chi connectivity index (χ1) is 10.3. The van der Waals surface area contributed by atoms with E-state index in [1.807, 2.05) is 32.9 Å².